The van der Waals surface area contributed by atoms with E-state index in [-0.39, 0.29) is 104 Å². The van der Waals surface area contributed by atoms with Crippen LogP contribution >= 0.6 is 0 Å². The van der Waals surface area contributed by atoms with E-state index in [1.165, 1.54) is 0 Å². The Hall–Kier alpha value is -1.25. The highest BCUT2D eigenvalue weighted by atomic mass is 16.8. The van der Waals surface area contributed by atoms with Crippen LogP contribution in [0.5, 0.6) is 0 Å². The summed E-state index contributed by atoms with van der Waals surface area (Å²) >= 11 is 0. The highest BCUT2D eigenvalue weighted by Gasteiger charge is 2.73. The summed E-state index contributed by atoms with van der Waals surface area (Å²) in [5.41, 5.74) is 1.72. The van der Waals surface area contributed by atoms with Crippen LogP contribution in [-0.4, -0.2) is 119 Å². The van der Waals surface area contributed by atoms with Gasteiger partial charge < -0.3 is 48.1 Å². The number of carbonyl (C=O) groups excluding carboxylic acids is 1. The first-order valence-corrected chi connectivity index (χ1v) is 20.4. The van der Waals surface area contributed by atoms with Crippen molar-refractivity contribution in [2.45, 2.75) is 201 Å². The fourth-order valence-corrected chi connectivity index (χ4v) is 11.7. The molecule has 2 N–H and O–H groups in total. The summed E-state index contributed by atoms with van der Waals surface area (Å²) in [4.78, 5) is 14.0. The smallest absolute Gasteiger partial charge is 0.172 e. The number of hydrogen-bond acceptors (Lipinski definition) is 11. The van der Waals surface area contributed by atoms with E-state index in [2.05, 4.69) is 33.9 Å². The second kappa shape index (κ2) is 13.7. The van der Waals surface area contributed by atoms with Crippen molar-refractivity contribution >= 4 is 5.78 Å². The summed E-state index contributed by atoms with van der Waals surface area (Å²) in [7, 11) is 0. The van der Waals surface area contributed by atoms with Gasteiger partial charge in [-0.05, 0) is 80.8 Å². The molecule has 0 saturated carbocycles. The Morgan fingerprint density at radius 1 is 0.788 bits per heavy atom. The lowest BCUT2D eigenvalue weighted by molar-refractivity contribution is -0.294. The van der Waals surface area contributed by atoms with Crippen LogP contribution in [0.4, 0.5) is 0 Å². The molecule has 10 aliphatic rings. The van der Waals surface area contributed by atoms with Crippen molar-refractivity contribution < 1.29 is 52.9 Å². The standard InChI is InChI=1S/C41H60O11/c1-20-12-26-6-8-30-21(2)13-28(45-30)10-11-41-19-40(5)39(52-41)38-37(50-40)36(51-41)35-31(49-38)9-7-27(47-35)14-24(43)15-29-23(4)32(16-25(44)18-42)48-34(29)17-33(46-26)22(20)3/h20,23,25-39,42,44H,2-3,6-19H2,1,4-5H3/t20-,23-,25+,26+,27-,28+,29-,30+,31+,32-,33?,34+,35+,36+,37+,38-,39-,40-,41-/m1/s1. The van der Waals surface area contributed by atoms with Crippen molar-refractivity contribution in [1.82, 2.24) is 0 Å². The lowest BCUT2D eigenvalue weighted by atomic mass is 9.78. The second-order valence-corrected chi connectivity index (χ2v) is 18.2. The van der Waals surface area contributed by atoms with Gasteiger partial charge in [-0.15, -0.1) is 0 Å². The third-order valence-corrected chi connectivity index (χ3v) is 14.5. The molecular weight excluding hydrogens is 668 g/mol. The molecule has 0 aromatic heterocycles. The monoisotopic (exact) mass is 728 g/mol. The highest BCUT2D eigenvalue weighted by Crippen LogP contribution is 2.58. The van der Waals surface area contributed by atoms with E-state index >= 15 is 0 Å². The van der Waals surface area contributed by atoms with Gasteiger partial charge >= 0.3 is 0 Å². The number of aliphatic hydroxyl groups is 2. The molecule has 0 aromatic rings. The van der Waals surface area contributed by atoms with E-state index in [9.17, 15) is 15.0 Å². The van der Waals surface area contributed by atoms with Gasteiger partial charge in [0.15, 0.2) is 5.79 Å². The molecule has 290 valence electrons. The number of carbonyl (C=O) groups is 1. The Kier molecular flexibility index (Phi) is 9.62. The lowest BCUT2D eigenvalue weighted by Crippen LogP contribution is -2.61. The Balaban J connectivity index is 0.994. The number of ether oxygens (including phenoxy) is 8. The maximum absolute atomic E-state index is 14.0. The first-order valence-electron chi connectivity index (χ1n) is 20.4. The molecule has 1 unspecified atom stereocenters. The van der Waals surface area contributed by atoms with Crippen LogP contribution in [0.1, 0.15) is 104 Å². The van der Waals surface area contributed by atoms with Crippen LogP contribution in [0, 0.1) is 17.8 Å². The molecule has 1 spiro atoms. The van der Waals surface area contributed by atoms with Crippen LogP contribution < -0.4 is 0 Å². The highest BCUT2D eigenvalue weighted by molar-refractivity contribution is 5.79. The Morgan fingerprint density at radius 3 is 2.38 bits per heavy atom. The van der Waals surface area contributed by atoms with Gasteiger partial charge in [0.2, 0.25) is 0 Å². The van der Waals surface area contributed by atoms with Crippen molar-refractivity contribution in [3.63, 3.8) is 0 Å². The van der Waals surface area contributed by atoms with Crippen molar-refractivity contribution in [3.8, 4) is 0 Å². The molecule has 11 nitrogen and oxygen atoms in total. The SMILES string of the molecule is C=C1C2C[C@@H]3O[C@H](C[C@H](O)CO)[C@H](C)[C@H]3CC(=O)C[C@H]3CC[C@@H]4O[C@@H]5[C@H]6O[C@]7(C)C[C@](CC[C@H]8CC(=C)[C@H](CC[C@@H](C[C@H]1C)O2)O8)(O[C@H]6[C@H]4O3)O[C@H]57. The molecule has 12 bridgehead atoms. The zero-order chi connectivity index (χ0) is 36.1. The van der Waals surface area contributed by atoms with Crippen LogP contribution in [0.3, 0.4) is 0 Å². The van der Waals surface area contributed by atoms with E-state index in [0.717, 1.165) is 56.1 Å². The average molecular weight is 729 g/mol. The predicted molar refractivity (Wildman–Crippen MR) is 187 cm³/mol. The summed E-state index contributed by atoms with van der Waals surface area (Å²) in [6.45, 7) is 15.1. The van der Waals surface area contributed by atoms with E-state index in [1.54, 1.807) is 0 Å². The van der Waals surface area contributed by atoms with Gasteiger partial charge in [-0.2, -0.15) is 0 Å². The fourth-order valence-electron chi connectivity index (χ4n) is 11.7. The number of hydrogen-bond donors (Lipinski definition) is 2. The number of aliphatic hydroxyl groups excluding tert-OH is 2. The lowest BCUT2D eigenvalue weighted by Gasteiger charge is -2.47. The molecule has 11 heteroatoms. The molecule has 0 aliphatic carbocycles. The molecule has 10 rings (SSSR count). The topological polar surface area (TPSA) is 131 Å². The molecular formula is C41H60O11. The van der Waals surface area contributed by atoms with Crippen LogP contribution in [0.15, 0.2) is 24.3 Å². The molecule has 0 amide bonds. The number of rotatable bonds is 3. The number of fused-ring (bicyclic) bond motifs is 6. The zero-order valence-corrected chi connectivity index (χ0v) is 31.2. The van der Waals surface area contributed by atoms with Crippen LogP contribution in [0.25, 0.3) is 0 Å². The maximum Gasteiger partial charge on any atom is 0.172 e. The zero-order valence-electron chi connectivity index (χ0n) is 31.2. The van der Waals surface area contributed by atoms with E-state index < -0.39 is 17.5 Å². The predicted octanol–water partition coefficient (Wildman–Crippen LogP) is 4.48. The van der Waals surface area contributed by atoms with Gasteiger partial charge in [0, 0.05) is 38.5 Å². The van der Waals surface area contributed by atoms with E-state index in [0.29, 0.717) is 44.4 Å². The quantitative estimate of drug-likeness (QED) is 0.399. The number of ketones is 1. The van der Waals surface area contributed by atoms with E-state index in [4.69, 9.17) is 37.9 Å². The van der Waals surface area contributed by atoms with E-state index in [1.807, 2.05) is 0 Å². The first kappa shape index (κ1) is 36.4. The maximum atomic E-state index is 14.0. The normalized spacial score (nSPS) is 53.8. The molecule has 19 atom stereocenters. The van der Waals surface area contributed by atoms with Gasteiger partial charge in [0.25, 0.3) is 0 Å². The summed E-state index contributed by atoms with van der Waals surface area (Å²) in [5.74, 6) is -0.418. The summed E-state index contributed by atoms with van der Waals surface area (Å²) in [6, 6.07) is 0. The minimum Gasteiger partial charge on any atom is -0.394 e. The molecule has 10 saturated heterocycles. The van der Waals surface area contributed by atoms with Crippen molar-refractivity contribution in [3.05, 3.63) is 24.3 Å². The van der Waals surface area contributed by atoms with Crippen molar-refractivity contribution in [1.29, 1.82) is 0 Å². The third-order valence-electron chi connectivity index (χ3n) is 14.5. The van der Waals surface area contributed by atoms with Crippen molar-refractivity contribution in [2.75, 3.05) is 6.61 Å². The van der Waals surface area contributed by atoms with Gasteiger partial charge in [-0.3, -0.25) is 4.79 Å². The average Bonchev–Trinajstić information content (AvgIpc) is 3.73. The summed E-state index contributed by atoms with van der Waals surface area (Å²) in [5, 5.41) is 20.0. The molecule has 0 aromatic carbocycles. The first-order chi connectivity index (χ1) is 24.9. The van der Waals surface area contributed by atoms with Crippen LogP contribution in [-0.2, 0) is 42.7 Å². The minimum atomic E-state index is -0.875. The molecule has 0 radical (unpaired) electrons. The fraction of sp³-hybridized carbons (Fsp3) is 0.878. The van der Waals surface area contributed by atoms with Crippen molar-refractivity contribution in [2.24, 2.45) is 17.8 Å². The largest absolute Gasteiger partial charge is 0.394 e. The summed E-state index contributed by atoms with van der Waals surface area (Å²) in [6.07, 6.45) is 5.40. The molecule has 10 fully saturated rings. The Morgan fingerprint density at radius 2 is 1.56 bits per heavy atom. The van der Waals surface area contributed by atoms with Crippen LogP contribution in [0.2, 0.25) is 0 Å². The second-order valence-electron chi connectivity index (χ2n) is 18.2. The summed E-state index contributed by atoms with van der Waals surface area (Å²) < 4.78 is 54.4. The third kappa shape index (κ3) is 6.40. The van der Waals surface area contributed by atoms with Gasteiger partial charge in [0.1, 0.15) is 41.9 Å². The van der Waals surface area contributed by atoms with Gasteiger partial charge in [0.05, 0.1) is 61.5 Å². The Bertz CT molecular complexity index is 1400. The van der Waals surface area contributed by atoms with Gasteiger partial charge in [-0.25, -0.2) is 0 Å². The number of Topliss-reactive ketones (excluding diaryl/α,β-unsaturated/α-hetero) is 1. The molecule has 10 heterocycles. The van der Waals surface area contributed by atoms with Gasteiger partial charge in [-0.1, -0.05) is 27.0 Å². The minimum absolute atomic E-state index is 0.0143. The Labute approximate surface area is 308 Å². The molecule has 52 heavy (non-hydrogen) atoms. The molecule has 10 aliphatic heterocycles.